The smallest absolute Gasteiger partial charge is 0.0919 e. The molecule has 1 saturated heterocycles. The maximum atomic E-state index is 11.0. The van der Waals surface area contributed by atoms with E-state index in [9.17, 15) is 15.3 Å². The first-order valence-corrected chi connectivity index (χ1v) is 14.5. The topological polar surface area (TPSA) is 73.2 Å². The lowest BCUT2D eigenvalue weighted by atomic mass is 9.32. The van der Waals surface area contributed by atoms with Crippen molar-refractivity contribution in [3.05, 3.63) is 0 Å². The monoisotopic (exact) mass is 474 g/mol. The molecular formula is C30H50O4. The van der Waals surface area contributed by atoms with Crippen LogP contribution in [-0.2, 0) is 4.74 Å². The van der Waals surface area contributed by atoms with Crippen LogP contribution in [-0.4, -0.2) is 46.8 Å². The van der Waals surface area contributed by atoms with Gasteiger partial charge in [-0.05, 0) is 122 Å². The van der Waals surface area contributed by atoms with Crippen molar-refractivity contribution in [3.63, 3.8) is 0 Å². The van der Waals surface area contributed by atoms with Gasteiger partial charge >= 0.3 is 0 Å². The van der Waals surface area contributed by atoms with Gasteiger partial charge in [-0.1, -0.05) is 27.7 Å². The Morgan fingerprint density at radius 2 is 1.44 bits per heavy atom. The molecule has 3 N–H and O–H groups in total. The SMILES string of the molecule is CC1([C@@H]2CC[C@]3(CO)CC[C@]4(C)[C@H](CC[C@@H]5[C@@]6(C)CCC(O)C(C)(CO)[C@@H]6CC[C@]54C)[C@@H]23)CO1. The molecule has 12 atom stereocenters. The zero-order valence-electron chi connectivity index (χ0n) is 22.4. The molecule has 4 heteroatoms. The van der Waals surface area contributed by atoms with Gasteiger partial charge in [-0.2, -0.15) is 0 Å². The second-order valence-electron chi connectivity index (χ2n) is 15.2. The van der Waals surface area contributed by atoms with Crippen LogP contribution in [0.4, 0.5) is 0 Å². The van der Waals surface area contributed by atoms with Gasteiger partial charge in [0.15, 0.2) is 0 Å². The Morgan fingerprint density at radius 1 is 0.706 bits per heavy atom. The minimum Gasteiger partial charge on any atom is -0.396 e. The Labute approximate surface area is 207 Å². The quantitative estimate of drug-likeness (QED) is 0.493. The Kier molecular flexibility index (Phi) is 5.15. The van der Waals surface area contributed by atoms with Crippen molar-refractivity contribution in [1.29, 1.82) is 0 Å². The molecule has 0 bridgehead atoms. The molecule has 4 nitrogen and oxygen atoms in total. The van der Waals surface area contributed by atoms with E-state index in [0.29, 0.717) is 36.2 Å². The molecular weight excluding hydrogens is 424 g/mol. The van der Waals surface area contributed by atoms with Crippen molar-refractivity contribution in [2.24, 2.45) is 56.7 Å². The summed E-state index contributed by atoms with van der Waals surface area (Å²) < 4.78 is 6.07. The van der Waals surface area contributed by atoms with Crippen LogP contribution < -0.4 is 0 Å². The van der Waals surface area contributed by atoms with Crippen LogP contribution in [0.3, 0.4) is 0 Å². The molecule has 1 aliphatic heterocycles. The normalized spacial score (nSPS) is 62.8. The van der Waals surface area contributed by atoms with Gasteiger partial charge < -0.3 is 20.1 Å². The van der Waals surface area contributed by atoms with E-state index in [2.05, 4.69) is 34.6 Å². The third-order valence-corrected chi connectivity index (χ3v) is 14.4. The van der Waals surface area contributed by atoms with E-state index in [1.165, 1.54) is 44.9 Å². The zero-order valence-corrected chi connectivity index (χ0v) is 22.4. The summed E-state index contributed by atoms with van der Waals surface area (Å²) in [5.74, 6) is 2.89. The molecule has 34 heavy (non-hydrogen) atoms. The van der Waals surface area contributed by atoms with Crippen LogP contribution in [0.15, 0.2) is 0 Å². The number of hydrogen-bond acceptors (Lipinski definition) is 4. The molecule has 6 rings (SSSR count). The van der Waals surface area contributed by atoms with Gasteiger partial charge in [0.05, 0.1) is 24.9 Å². The lowest BCUT2D eigenvalue weighted by molar-refractivity contribution is -0.257. The standard InChI is InChI=1S/C30H50O4/c1-25-11-10-23(33)26(2,16-31)21(25)9-12-28(4)22(25)7-6-19-24-20(29(5)18-34-29)8-13-30(24,17-32)15-14-27(19,28)3/h19-24,31-33H,6-18H2,1-5H3/t19-,20-,21-,22-,23?,24+,25+,26?,27-,28-,29?,30-/m1/s1. The Morgan fingerprint density at radius 3 is 2.09 bits per heavy atom. The summed E-state index contributed by atoms with van der Waals surface area (Å²) in [7, 11) is 0. The maximum absolute atomic E-state index is 11.0. The van der Waals surface area contributed by atoms with Crippen LogP contribution in [0.25, 0.3) is 0 Å². The van der Waals surface area contributed by atoms with Crippen LogP contribution in [0, 0.1) is 56.7 Å². The highest BCUT2D eigenvalue weighted by Crippen LogP contribution is 2.78. The summed E-state index contributed by atoms with van der Waals surface area (Å²) >= 11 is 0. The number of rotatable bonds is 3. The van der Waals surface area contributed by atoms with Crippen LogP contribution in [0.5, 0.6) is 0 Å². The summed E-state index contributed by atoms with van der Waals surface area (Å²) in [4.78, 5) is 0. The molecule has 0 aromatic rings. The third-order valence-electron chi connectivity index (χ3n) is 14.4. The fraction of sp³-hybridized carbons (Fsp3) is 1.00. The van der Waals surface area contributed by atoms with Gasteiger partial charge in [0, 0.05) is 12.0 Å². The predicted molar refractivity (Wildman–Crippen MR) is 133 cm³/mol. The van der Waals surface area contributed by atoms with Crippen LogP contribution in [0.2, 0.25) is 0 Å². The van der Waals surface area contributed by atoms with Gasteiger partial charge in [0.25, 0.3) is 0 Å². The van der Waals surface area contributed by atoms with Gasteiger partial charge in [-0.15, -0.1) is 0 Å². The molecule has 3 unspecified atom stereocenters. The molecule has 0 spiro atoms. The van der Waals surface area contributed by atoms with Gasteiger partial charge in [0.1, 0.15) is 0 Å². The number of hydrogen-bond donors (Lipinski definition) is 3. The predicted octanol–water partition coefficient (Wildman–Crippen LogP) is 5.18. The molecule has 0 aromatic heterocycles. The lowest BCUT2D eigenvalue weighted by Gasteiger charge is -2.73. The highest BCUT2D eigenvalue weighted by molar-refractivity contribution is 5.21. The van der Waals surface area contributed by atoms with Crippen LogP contribution >= 0.6 is 0 Å². The molecule has 0 radical (unpaired) electrons. The Balaban J connectivity index is 1.39. The summed E-state index contributed by atoms with van der Waals surface area (Å²) in [5.41, 5.74) is 0.526. The second-order valence-corrected chi connectivity index (χ2v) is 15.2. The van der Waals surface area contributed by atoms with E-state index in [4.69, 9.17) is 4.74 Å². The highest BCUT2D eigenvalue weighted by Gasteiger charge is 2.72. The van der Waals surface area contributed by atoms with E-state index in [1.54, 1.807) is 0 Å². The summed E-state index contributed by atoms with van der Waals surface area (Å²) in [6, 6.07) is 0. The van der Waals surface area contributed by atoms with Gasteiger partial charge in [-0.25, -0.2) is 0 Å². The molecule has 194 valence electrons. The molecule has 5 saturated carbocycles. The van der Waals surface area contributed by atoms with Crippen LogP contribution in [0.1, 0.15) is 98.8 Å². The number of aliphatic hydroxyl groups excluding tert-OH is 3. The highest BCUT2D eigenvalue weighted by atomic mass is 16.6. The third kappa shape index (κ3) is 2.70. The molecule has 6 fully saturated rings. The van der Waals surface area contributed by atoms with E-state index in [0.717, 1.165) is 25.9 Å². The minimum absolute atomic E-state index is 0.0453. The van der Waals surface area contributed by atoms with E-state index < -0.39 is 0 Å². The van der Waals surface area contributed by atoms with Gasteiger partial charge in [0.2, 0.25) is 0 Å². The summed E-state index contributed by atoms with van der Waals surface area (Å²) in [5, 5.41) is 32.1. The van der Waals surface area contributed by atoms with Crippen molar-refractivity contribution < 1.29 is 20.1 Å². The maximum Gasteiger partial charge on any atom is 0.0919 e. The van der Waals surface area contributed by atoms with Crippen molar-refractivity contribution in [2.75, 3.05) is 19.8 Å². The minimum atomic E-state index is -0.384. The molecule has 0 aromatic carbocycles. The summed E-state index contributed by atoms with van der Waals surface area (Å²) in [6.45, 7) is 13.6. The van der Waals surface area contributed by atoms with Gasteiger partial charge in [-0.3, -0.25) is 0 Å². The molecule has 6 aliphatic rings. The molecule has 1 heterocycles. The molecule has 0 amide bonds. The van der Waals surface area contributed by atoms with Crippen molar-refractivity contribution in [3.8, 4) is 0 Å². The number of epoxide rings is 1. The van der Waals surface area contributed by atoms with E-state index >= 15 is 0 Å². The lowest BCUT2D eigenvalue weighted by Crippen LogP contribution is -2.67. The Hall–Kier alpha value is -0.160. The fourth-order valence-electron chi connectivity index (χ4n) is 12.0. The largest absolute Gasteiger partial charge is 0.396 e. The number of aliphatic hydroxyl groups is 3. The Bertz CT molecular complexity index is 840. The van der Waals surface area contributed by atoms with E-state index in [1.807, 2.05) is 0 Å². The van der Waals surface area contributed by atoms with E-state index in [-0.39, 0.29) is 45.4 Å². The number of ether oxygens (including phenoxy) is 1. The average molecular weight is 475 g/mol. The molecule has 5 aliphatic carbocycles. The van der Waals surface area contributed by atoms with Crippen molar-refractivity contribution >= 4 is 0 Å². The average Bonchev–Trinajstić information content (AvgIpc) is 3.43. The number of fused-ring (bicyclic) bond motifs is 7. The summed E-state index contributed by atoms with van der Waals surface area (Å²) in [6.07, 6.45) is 11.2. The zero-order chi connectivity index (χ0) is 24.4. The van der Waals surface area contributed by atoms with Crippen molar-refractivity contribution in [1.82, 2.24) is 0 Å². The first-order valence-electron chi connectivity index (χ1n) is 14.5. The first-order chi connectivity index (χ1) is 15.9. The fourth-order valence-corrected chi connectivity index (χ4v) is 12.0. The first kappa shape index (κ1) is 24.2. The van der Waals surface area contributed by atoms with Crippen molar-refractivity contribution in [2.45, 2.75) is 111 Å². The second kappa shape index (κ2) is 7.23.